The molecule has 1 aliphatic rings. The van der Waals surface area contributed by atoms with E-state index in [1.807, 2.05) is 0 Å². The molecule has 1 amide bonds. The van der Waals surface area contributed by atoms with Crippen molar-refractivity contribution in [3.05, 3.63) is 34.1 Å². The van der Waals surface area contributed by atoms with Crippen LogP contribution in [-0.4, -0.2) is 36.5 Å². The molecule has 0 aliphatic carbocycles. The van der Waals surface area contributed by atoms with Gasteiger partial charge >= 0.3 is 5.97 Å². The van der Waals surface area contributed by atoms with Crippen LogP contribution in [-0.2, 0) is 9.53 Å². The summed E-state index contributed by atoms with van der Waals surface area (Å²) in [6.45, 7) is 3.00. The number of hydrogen-bond acceptors (Lipinski definition) is 3. The zero-order chi connectivity index (χ0) is 15.4. The molecule has 1 aliphatic heterocycles. The van der Waals surface area contributed by atoms with Crippen LogP contribution in [0.1, 0.15) is 30.1 Å². The van der Waals surface area contributed by atoms with Crippen LogP contribution in [0.2, 0.25) is 0 Å². The van der Waals surface area contributed by atoms with Gasteiger partial charge in [0.15, 0.2) is 0 Å². The number of nitrogens with zero attached hydrogens (tertiary/aromatic N) is 1. The molecule has 0 aromatic heterocycles. The Morgan fingerprint density at radius 3 is 2.62 bits per heavy atom. The SMILES string of the molecule is CCOC(=O)C1CCN(C(=O)c2c(F)cccc2Br)CC1. The second-order valence-electron chi connectivity index (χ2n) is 4.92. The second-order valence-corrected chi connectivity index (χ2v) is 5.77. The summed E-state index contributed by atoms with van der Waals surface area (Å²) in [5, 5.41) is 0. The van der Waals surface area contributed by atoms with E-state index in [4.69, 9.17) is 4.74 Å². The van der Waals surface area contributed by atoms with E-state index in [1.54, 1.807) is 24.0 Å². The van der Waals surface area contributed by atoms with Gasteiger partial charge in [0, 0.05) is 17.6 Å². The number of hydrogen-bond donors (Lipinski definition) is 0. The van der Waals surface area contributed by atoms with Gasteiger partial charge in [-0.3, -0.25) is 9.59 Å². The molecule has 1 aromatic carbocycles. The van der Waals surface area contributed by atoms with E-state index in [-0.39, 0.29) is 23.4 Å². The third-order valence-corrected chi connectivity index (χ3v) is 4.24. The Bertz CT molecular complexity index is 521. The van der Waals surface area contributed by atoms with Crippen LogP contribution in [0, 0.1) is 11.7 Å². The average molecular weight is 358 g/mol. The number of benzene rings is 1. The topological polar surface area (TPSA) is 46.6 Å². The van der Waals surface area contributed by atoms with Gasteiger partial charge in [-0.05, 0) is 47.8 Å². The van der Waals surface area contributed by atoms with Crippen LogP contribution >= 0.6 is 15.9 Å². The molecular formula is C15H17BrFNO3. The monoisotopic (exact) mass is 357 g/mol. The maximum Gasteiger partial charge on any atom is 0.309 e. The minimum absolute atomic E-state index is 0.0482. The number of carbonyl (C=O) groups excluding carboxylic acids is 2. The van der Waals surface area contributed by atoms with Crippen molar-refractivity contribution in [2.24, 2.45) is 5.92 Å². The summed E-state index contributed by atoms with van der Waals surface area (Å²) >= 11 is 3.21. The van der Waals surface area contributed by atoms with Gasteiger partial charge in [0.25, 0.3) is 5.91 Å². The molecule has 1 fully saturated rings. The lowest BCUT2D eigenvalue weighted by Crippen LogP contribution is -2.41. The number of amides is 1. The van der Waals surface area contributed by atoms with Crippen molar-refractivity contribution in [2.75, 3.05) is 19.7 Å². The lowest BCUT2D eigenvalue weighted by molar-refractivity contribution is -0.149. The van der Waals surface area contributed by atoms with Crippen molar-refractivity contribution in [3.63, 3.8) is 0 Å². The van der Waals surface area contributed by atoms with E-state index in [1.165, 1.54) is 6.07 Å². The molecule has 4 nitrogen and oxygen atoms in total. The molecular weight excluding hydrogens is 341 g/mol. The molecule has 0 bridgehead atoms. The molecule has 1 aromatic rings. The summed E-state index contributed by atoms with van der Waals surface area (Å²) in [5.41, 5.74) is 0.0482. The maximum absolute atomic E-state index is 13.8. The fourth-order valence-corrected chi connectivity index (χ4v) is 2.95. The van der Waals surface area contributed by atoms with E-state index < -0.39 is 5.82 Å². The molecule has 1 heterocycles. The molecule has 114 valence electrons. The van der Waals surface area contributed by atoms with Crippen LogP contribution in [0.3, 0.4) is 0 Å². The third kappa shape index (κ3) is 3.61. The molecule has 21 heavy (non-hydrogen) atoms. The number of carbonyl (C=O) groups is 2. The standard InChI is InChI=1S/C15H17BrFNO3/c1-2-21-15(20)10-6-8-18(9-7-10)14(19)13-11(16)4-3-5-12(13)17/h3-5,10H,2,6-9H2,1H3. The highest BCUT2D eigenvalue weighted by atomic mass is 79.9. The lowest BCUT2D eigenvalue weighted by Gasteiger charge is -2.31. The fourth-order valence-electron chi connectivity index (χ4n) is 2.44. The summed E-state index contributed by atoms with van der Waals surface area (Å²) in [6, 6.07) is 4.45. The van der Waals surface area contributed by atoms with Crippen molar-refractivity contribution in [1.29, 1.82) is 0 Å². The summed E-state index contributed by atoms with van der Waals surface area (Å²) in [4.78, 5) is 25.6. The van der Waals surface area contributed by atoms with Crippen molar-refractivity contribution >= 4 is 27.8 Å². The van der Waals surface area contributed by atoms with E-state index in [0.29, 0.717) is 37.0 Å². The Balaban J connectivity index is 2.02. The van der Waals surface area contributed by atoms with Gasteiger partial charge in [-0.2, -0.15) is 0 Å². The molecule has 6 heteroatoms. The number of rotatable bonds is 3. The van der Waals surface area contributed by atoms with E-state index in [2.05, 4.69) is 15.9 Å². The molecule has 0 saturated carbocycles. The largest absolute Gasteiger partial charge is 0.466 e. The predicted octanol–water partition coefficient (Wildman–Crippen LogP) is 3.00. The number of halogens is 2. The maximum atomic E-state index is 13.8. The first-order chi connectivity index (χ1) is 10.0. The minimum atomic E-state index is -0.540. The lowest BCUT2D eigenvalue weighted by atomic mass is 9.96. The summed E-state index contributed by atoms with van der Waals surface area (Å²) in [6.07, 6.45) is 1.10. The minimum Gasteiger partial charge on any atom is -0.466 e. The number of ether oxygens (including phenoxy) is 1. The number of likely N-dealkylation sites (tertiary alicyclic amines) is 1. The second kappa shape index (κ2) is 7.02. The van der Waals surface area contributed by atoms with Crippen molar-refractivity contribution in [2.45, 2.75) is 19.8 Å². The smallest absolute Gasteiger partial charge is 0.309 e. The Morgan fingerprint density at radius 2 is 2.05 bits per heavy atom. The van der Waals surface area contributed by atoms with Crippen molar-refractivity contribution in [1.82, 2.24) is 4.90 Å². The first kappa shape index (κ1) is 15.9. The molecule has 0 atom stereocenters. The van der Waals surface area contributed by atoms with Gasteiger partial charge in [-0.1, -0.05) is 6.07 Å². The molecule has 1 saturated heterocycles. The summed E-state index contributed by atoms with van der Waals surface area (Å²) in [5.74, 6) is -1.26. The number of esters is 1. The molecule has 0 unspecified atom stereocenters. The van der Waals surface area contributed by atoms with Crippen LogP contribution in [0.4, 0.5) is 4.39 Å². The van der Waals surface area contributed by atoms with Gasteiger partial charge < -0.3 is 9.64 Å². The highest BCUT2D eigenvalue weighted by Crippen LogP contribution is 2.25. The zero-order valence-corrected chi connectivity index (χ0v) is 13.4. The normalized spacial score (nSPS) is 15.9. The molecule has 0 N–H and O–H groups in total. The fraction of sp³-hybridized carbons (Fsp3) is 0.467. The predicted molar refractivity (Wildman–Crippen MR) is 79.4 cm³/mol. The van der Waals surface area contributed by atoms with Gasteiger partial charge in [0.05, 0.1) is 18.1 Å². The zero-order valence-electron chi connectivity index (χ0n) is 11.8. The number of piperidine rings is 1. The Hall–Kier alpha value is -1.43. The van der Waals surface area contributed by atoms with Gasteiger partial charge in [0.2, 0.25) is 0 Å². The first-order valence-electron chi connectivity index (χ1n) is 6.94. The Kier molecular flexibility index (Phi) is 5.33. The molecule has 0 spiro atoms. The van der Waals surface area contributed by atoms with Crippen LogP contribution in [0.15, 0.2) is 22.7 Å². The van der Waals surface area contributed by atoms with Crippen LogP contribution < -0.4 is 0 Å². The van der Waals surface area contributed by atoms with E-state index in [0.717, 1.165) is 0 Å². The Morgan fingerprint density at radius 1 is 1.38 bits per heavy atom. The first-order valence-corrected chi connectivity index (χ1v) is 7.73. The van der Waals surface area contributed by atoms with Gasteiger partial charge in [-0.25, -0.2) is 4.39 Å². The van der Waals surface area contributed by atoms with Crippen LogP contribution in [0.5, 0.6) is 0 Å². The summed E-state index contributed by atoms with van der Waals surface area (Å²) in [7, 11) is 0. The average Bonchev–Trinajstić information content (AvgIpc) is 2.47. The highest BCUT2D eigenvalue weighted by molar-refractivity contribution is 9.10. The van der Waals surface area contributed by atoms with Crippen LogP contribution in [0.25, 0.3) is 0 Å². The highest BCUT2D eigenvalue weighted by Gasteiger charge is 2.30. The van der Waals surface area contributed by atoms with Crippen molar-refractivity contribution < 1.29 is 18.7 Å². The van der Waals surface area contributed by atoms with Crippen molar-refractivity contribution in [3.8, 4) is 0 Å². The third-order valence-electron chi connectivity index (χ3n) is 3.58. The van der Waals surface area contributed by atoms with Gasteiger partial charge in [-0.15, -0.1) is 0 Å². The Labute approximate surface area is 131 Å². The van der Waals surface area contributed by atoms with Gasteiger partial charge in [0.1, 0.15) is 5.82 Å². The van der Waals surface area contributed by atoms with E-state index in [9.17, 15) is 14.0 Å². The molecule has 0 radical (unpaired) electrons. The van der Waals surface area contributed by atoms with E-state index >= 15 is 0 Å². The summed E-state index contributed by atoms with van der Waals surface area (Å²) < 4.78 is 19.2. The molecule has 2 rings (SSSR count). The quantitative estimate of drug-likeness (QED) is 0.781.